The Balaban J connectivity index is 2.44. The first kappa shape index (κ1) is 14.3. The lowest BCUT2D eigenvalue weighted by molar-refractivity contribution is 0.508. The molecule has 0 radical (unpaired) electrons. The van der Waals surface area contributed by atoms with Gasteiger partial charge in [-0.2, -0.15) is 0 Å². The monoisotopic (exact) mass is 466 g/mol. The molecular formula is C14H16I2N2. The largest absolute Gasteiger partial charge is 0.318 e. The average Bonchev–Trinajstić information content (AvgIpc) is 2.58. The van der Waals surface area contributed by atoms with E-state index in [9.17, 15) is 0 Å². The van der Waals surface area contributed by atoms with Crippen LogP contribution in [-0.4, -0.2) is 9.55 Å². The Morgan fingerprint density at radius 1 is 1.11 bits per heavy atom. The number of hydrogen-bond donors (Lipinski definition) is 0. The minimum absolute atomic E-state index is 0.0676. The van der Waals surface area contributed by atoms with Gasteiger partial charge < -0.3 is 4.57 Å². The summed E-state index contributed by atoms with van der Waals surface area (Å²) in [7, 11) is 0. The van der Waals surface area contributed by atoms with Gasteiger partial charge in [-0.05, 0) is 50.7 Å². The minimum Gasteiger partial charge on any atom is -0.318 e. The molecule has 1 aromatic carbocycles. The first-order valence-corrected chi connectivity index (χ1v) is 8.01. The molecule has 0 aliphatic carbocycles. The zero-order valence-corrected chi connectivity index (χ0v) is 15.1. The molecule has 2 aromatic rings. The molecule has 1 aromatic heterocycles. The van der Waals surface area contributed by atoms with E-state index in [-0.39, 0.29) is 5.41 Å². The fourth-order valence-electron chi connectivity index (χ4n) is 1.89. The zero-order valence-electron chi connectivity index (χ0n) is 10.7. The van der Waals surface area contributed by atoms with E-state index in [1.807, 2.05) is 0 Å². The molecule has 0 aliphatic rings. The number of imidazole rings is 1. The lowest BCUT2D eigenvalue weighted by atomic mass is 9.95. The van der Waals surface area contributed by atoms with Crippen molar-refractivity contribution in [3.63, 3.8) is 0 Å². The Kier molecular flexibility index (Phi) is 4.36. The molecule has 18 heavy (non-hydrogen) atoms. The van der Waals surface area contributed by atoms with Crippen molar-refractivity contribution in [2.24, 2.45) is 0 Å². The number of aromatic nitrogens is 2. The first-order valence-electron chi connectivity index (χ1n) is 5.85. The van der Waals surface area contributed by atoms with Crippen LogP contribution in [0.5, 0.6) is 0 Å². The number of rotatable bonds is 2. The van der Waals surface area contributed by atoms with E-state index >= 15 is 0 Å². The second-order valence-corrected chi connectivity index (χ2v) is 7.38. The van der Waals surface area contributed by atoms with Gasteiger partial charge in [0.05, 0.1) is 0 Å². The summed E-state index contributed by atoms with van der Waals surface area (Å²) in [4.78, 5) is 4.72. The molecule has 2 rings (SSSR count). The van der Waals surface area contributed by atoms with Gasteiger partial charge in [0.1, 0.15) is 13.2 Å². The summed E-state index contributed by atoms with van der Waals surface area (Å²) in [6.45, 7) is 7.52. The second kappa shape index (κ2) is 5.48. The van der Waals surface area contributed by atoms with Crippen LogP contribution in [0.2, 0.25) is 0 Å². The molecule has 96 valence electrons. The highest BCUT2D eigenvalue weighted by Crippen LogP contribution is 2.27. The van der Waals surface area contributed by atoms with Crippen LogP contribution in [0.1, 0.15) is 32.2 Å². The van der Waals surface area contributed by atoms with Gasteiger partial charge in [0.25, 0.3) is 0 Å². The Morgan fingerprint density at radius 3 is 2.28 bits per heavy atom. The molecule has 0 bridgehead atoms. The van der Waals surface area contributed by atoms with E-state index in [0.29, 0.717) is 0 Å². The van der Waals surface area contributed by atoms with Crippen molar-refractivity contribution in [3.8, 4) is 0 Å². The highest BCUT2D eigenvalue weighted by molar-refractivity contribution is 14.1. The van der Waals surface area contributed by atoms with Crippen molar-refractivity contribution >= 4 is 45.2 Å². The quantitative estimate of drug-likeness (QED) is 0.599. The molecular weight excluding hydrogens is 450 g/mol. The van der Waals surface area contributed by atoms with Gasteiger partial charge in [-0.25, -0.2) is 4.98 Å². The Morgan fingerprint density at radius 2 is 1.72 bits per heavy atom. The molecule has 0 aliphatic heterocycles. The van der Waals surface area contributed by atoms with Gasteiger partial charge in [0.2, 0.25) is 0 Å². The molecule has 0 amide bonds. The van der Waals surface area contributed by atoms with E-state index in [4.69, 9.17) is 4.98 Å². The van der Waals surface area contributed by atoms with Crippen LogP contribution >= 0.6 is 45.2 Å². The fourth-order valence-corrected chi connectivity index (χ4v) is 2.93. The maximum absolute atomic E-state index is 4.72. The van der Waals surface area contributed by atoms with E-state index in [0.717, 1.165) is 16.1 Å². The van der Waals surface area contributed by atoms with Gasteiger partial charge >= 0.3 is 0 Å². The van der Waals surface area contributed by atoms with Crippen molar-refractivity contribution in [2.45, 2.75) is 32.7 Å². The maximum atomic E-state index is 4.72. The number of benzene rings is 1. The summed E-state index contributed by atoms with van der Waals surface area (Å²) < 4.78 is 4.63. The summed E-state index contributed by atoms with van der Waals surface area (Å²) in [5, 5.41) is 0. The second-order valence-electron chi connectivity index (χ2n) is 5.34. The molecule has 1 heterocycles. The topological polar surface area (TPSA) is 17.8 Å². The highest BCUT2D eigenvalue weighted by atomic mass is 127. The van der Waals surface area contributed by atoms with Crippen molar-refractivity contribution in [3.05, 3.63) is 49.1 Å². The molecule has 4 heteroatoms. The van der Waals surface area contributed by atoms with Crippen molar-refractivity contribution in [1.29, 1.82) is 0 Å². The molecule has 0 saturated carbocycles. The SMILES string of the molecule is CC(C)(C)c1nc(I)c(I)n1Cc1ccccc1. The molecule has 0 fully saturated rings. The maximum Gasteiger partial charge on any atom is 0.133 e. The third-order valence-electron chi connectivity index (χ3n) is 2.72. The summed E-state index contributed by atoms with van der Waals surface area (Å²) in [5.41, 5.74) is 1.38. The zero-order chi connectivity index (χ0) is 13.3. The predicted molar refractivity (Wildman–Crippen MR) is 91.9 cm³/mol. The van der Waals surface area contributed by atoms with E-state index in [2.05, 4.69) is 101 Å². The summed E-state index contributed by atoms with van der Waals surface area (Å²) in [6, 6.07) is 10.5. The van der Waals surface area contributed by atoms with Crippen molar-refractivity contribution in [2.75, 3.05) is 0 Å². The van der Waals surface area contributed by atoms with E-state index < -0.39 is 0 Å². The third kappa shape index (κ3) is 3.07. The normalized spacial score (nSPS) is 11.8. The Labute approximate surface area is 135 Å². The van der Waals surface area contributed by atoms with E-state index in [1.54, 1.807) is 0 Å². The number of nitrogens with zero attached hydrogens (tertiary/aromatic N) is 2. The molecule has 0 saturated heterocycles. The van der Waals surface area contributed by atoms with Gasteiger partial charge in [0, 0.05) is 12.0 Å². The number of hydrogen-bond acceptors (Lipinski definition) is 1. The fraction of sp³-hybridized carbons (Fsp3) is 0.357. The van der Waals surface area contributed by atoms with Gasteiger partial charge in [-0.1, -0.05) is 51.1 Å². The lowest BCUT2D eigenvalue weighted by Gasteiger charge is -2.20. The molecule has 0 N–H and O–H groups in total. The van der Waals surface area contributed by atoms with Crippen LogP contribution in [0.25, 0.3) is 0 Å². The first-order chi connectivity index (χ1) is 8.39. The Bertz CT molecular complexity index is 539. The van der Waals surface area contributed by atoms with Crippen molar-refractivity contribution in [1.82, 2.24) is 9.55 Å². The average molecular weight is 466 g/mol. The predicted octanol–water partition coefficient (Wildman–Crippen LogP) is 4.44. The van der Waals surface area contributed by atoms with Crippen LogP contribution < -0.4 is 0 Å². The van der Waals surface area contributed by atoms with Crippen LogP contribution in [-0.2, 0) is 12.0 Å². The van der Waals surface area contributed by atoms with Gasteiger partial charge in [-0.3, -0.25) is 0 Å². The van der Waals surface area contributed by atoms with Gasteiger partial charge in [0.15, 0.2) is 0 Å². The van der Waals surface area contributed by atoms with Crippen molar-refractivity contribution < 1.29 is 0 Å². The number of halogens is 2. The molecule has 0 atom stereocenters. The van der Waals surface area contributed by atoms with Gasteiger partial charge in [-0.15, -0.1) is 0 Å². The molecule has 0 spiro atoms. The van der Waals surface area contributed by atoms with Crippen LogP contribution in [0.4, 0.5) is 0 Å². The minimum atomic E-state index is 0.0676. The third-order valence-corrected chi connectivity index (χ3v) is 5.60. The summed E-state index contributed by atoms with van der Waals surface area (Å²) >= 11 is 4.70. The summed E-state index contributed by atoms with van der Waals surface area (Å²) in [5.74, 6) is 1.15. The summed E-state index contributed by atoms with van der Waals surface area (Å²) in [6.07, 6.45) is 0. The lowest BCUT2D eigenvalue weighted by Crippen LogP contribution is -2.20. The molecule has 0 unspecified atom stereocenters. The van der Waals surface area contributed by atoms with Crippen LogP contribution in [0, 0.1) is 7.40 Å². The Hall–Kier alpha value is -0.110. The smallest absolute Gasteiger partial charge is 0.133 e. The highest BCUT2D eigenvalue weighted by Gasteiger charge is 2.24. The van der Waals surface area contributed by atoms with E-state index in [1.165, 1.54) is 9.26 Å². The standard InChI is InChI=1S/C14H16I2N2/c1-14(2,3)13-17-11(15)12(16)18(13)9-10-7-5-4-6-8-10/h4-8H,9H2,1-3H3. The molecule has 2 nitrogen and oxygen atoms in total. The van der Waals surface area contributed by atoms with Crippen LogP contribution in [0.15, 0.2) is 30.3 Å². The van der Waals surface area contributed by atoms with Crippen LogP contribution in [0.3, 0.4) is 0 Å².